The third-order valence-electron chi connectivity index (χ3n) is 10.1. The Morgan fingerprint density at radius 1 is 1.21 bits per heavy atom. The number of ether oxygens (including phenoxy) is 1. The summed E-state index contributed by atoms with van der Waals surface area (Å²) < 4.78 is 19.0. The van der Waals surface area contributed by atoms with E-state index in [0.29, 0.717) is 31.2 Å². The van der Waals surface area contributed by atoms with Crippen molar-refractivity contribution in [2.24, 2.45) is 22.7 Å². The molecular formula is C33H46BN3O5. The van der Waals surface area contributed by atoms with Crippen molar-refractivity contribution in [3.8, 4) is 6.07 Å². The maximum absolute atomic E-state index is 13.3. The predicted octanol–water partition coefficient (Wildman–Crippen LogP) is 5.47. The molecule has 2 heterocycles. The first-order chi connectivity index (χ1) is 19.8. The molecule has 2 amide bonds. The third kappa shape index (κ3) is 6.12. The maximum Gasteiger partial charge on any atom is 0.482 e. The summed E-state index contributed by atoms with van der Waals surface area (Å²) in [5.41, 5.74) is 0.741. The molecule has 6 rings (SSSR count). The van der Waals surface area contributed by atoms with Gasteiger partial charge in [0.05, 0.1) is 23.7 Å². The highest BCUT2D eigenvalue weighted by Gasteiger charge is 2.68. The molecule has 2 bridgehead atoms. The van der Waals surface area contributed by atoms with E-state index in [9.17, 15) is 14.9 Å². The summed E-state index contributed by atoms with van der Waals surface area (Å²) >= 11 is 0. The number of carbonyl (C=O) groups excluding carboxylic acids is 2. The number of carbonyl (C=O) groups is 2. The largest absolute Gasteiger partial charge is 0.482 e. The maximum atomic E-state index is 13.3. The smallest absolute Gasteiger partial charge is 0.447 e. The molecule has 9 heteroatoms. The van der Waals surface area contributed by atoms with Gasteiger partial charge in [-0.15, -0.1) is 0 Å². The second kappa shape index (κ2) is 11.7. The van der Waals surface area contributed by atoms with E-state index in [0.717, 1.165) is 31.2 Å². The molecule has 8 nitrogen and oxygen atoms in total. The second-order valence-electron chi connectivity index (χ2n) is 14.6. The third-order valence-corrected chi connectivity index (χ3v) is 10.1. The summed E-state index contributed by atoms with van der Waals surface area (Å²) in [6.45, 7) is 13.3. The number of piperidine rings is 1. The van der Waals surface area contributed by atoms with Crippen molar-refractivity contribution in [2.75, 3.05) is 13.2 Å². The predicted molar refractivity (Wildman–Crippen MR) is 161 cm³/mol. The minimum atomic E-state index is -0.587. The topological polar surface area (TPSA) is 101 Å². The number of hydrogen-bond acceptors (Lipinski definition) is 6. The van der Waals surface area contributed by atoms with Gasteiger partial charge in [0.15, 0.2) is 0 Å². The van der Waals surface area contributed by atoms with Gasteiger partial charge in [0.25, 0.3) is 5.91 Å². The highest BCUT2D eigenvalue weighted by atomic mass is 16.7. The van der Waals surface area contributed by atoms with E-state index in [-0.39, 0.29) is 46.7 Å². The van der Waals surface area contributed by atoms with E-state index in [1.807, 2.05) is 51.1 Å². The number of alkyl carbamates (subject to hydrolysis) is 1. The molecule has 1 N–H and O–H groups in total. The molecule has 6 atom stereocenters. The molecule has 0 unspecified atom stereocenters. The minimum absolute atomic E-state index is 0.00709. The van der Waals surface area contributed by atoms with Crippen LogP contribution < -0.4 is 5.32 Å². The number of nitrogens with one attached hydrogen (secondary N) is 1. The van der Waals surface area contributed by atoms with Crippen LogP contribution in [-0.4, -0.2) is 60.9 Å². The van der Waals surface area contributed by atoms with Gasteiger partial charge < -0.3 is 24.3 Å². The first-order valence-electron chi connectivity index (χ1n) is 15.6. The number of hydrogen-bond donors (Lipinski definition) is 1. The Bertz CT molecular complexity index is 1240. The van der Waals surface area contributed by atoms with Crippen molar-refractivity contribution in [3.05, 3.63) is 47.5 Å². The van der Waals surface area contributed by atoms with E-state index in [1.165, 1.54) is 0 Å². The Morgan fingerprint density at radius 3 is 2.62 bits per heavy atom. The van der Waals surface area contributed by atoms with Crippen molar-refractivity contribution in [1.29, 1.82) is 5.26 Å². The van der Waals surface area contributed by atoms with Gasteiger partial charge in [-0.1, -0.05) is 71.0 Å². The molecule has 5 aliphatic rings. The molecule has 2 saturated heterocycles. The number of allylic oxidation sites excluding steroid dienone is 1. The molecule has 0 spiro atoms. The highest BCUT2D eigenvalue weighted by Crippen LogP contribution is 2.65. The summed E-state index contributed by atoms with van der Waals surface area (Å²) in [5.74, 6) is 0.317. The Labute approximate surface area is 251 Å². The van der Waals surface area contributed by atoms with Gasteiger partial charge in [0, 0.05) is 6.54 Å². The van der Waals surface area contributed by atoms with Crippen LogP contribution in [0.4, 0.5) is 4.79 Å². The van der Waals surface area contributed by atoms with Gasteiger partial charge in [-0.05, 0) is 73.7 Å². The lowest BCUT2D eigenvalue weighted by Crippen LogP contribution is -2.65. The molecule has 0 radical (unpaired) electrons. The quantitative estimate of drug-likeness (QED) is 0.263. The lowest BCUT2D eigenvalue weighted by atomic mass is 9.43. The number of nitriles is 1. The van der Waals surface area contributed by atoms with E-state index >= 15 is 0 Å². The molecule has 1 aromatic rings. The number of rotatable bonds is 7. The van der Waals surface area contributed by atoms with Crippen LogP contribution in [-0.2, 0) is 25.3 Å². The minimum Gasteiger partial charge on any atom is -0.447 e. The van der Waals surface area contributed by atoms with Gasteiger partial charge in [-0.2, -0.15) is 5.26 Å². The Morgan fingerprint density at radius 2 is 1.95 bits per heavy atom. The van der Waals surface area contributed by atoms with Crippen LogP contribution in [0, 0.1) is 34.0 Å². The van der Waals surface area contributed by atoms with Crippen LogP contribution in [0.2, 0.25) is 0 Å². The zero-order chi connectivity index (χ0) is 30.3. The fourth-order valence-corrected chi connectivity index (χ4v) is 7.69. The fourth-order valence-electron chi connectivity index (χ4n) is 7.69. The van der Waals surface area contributed by atoms with Crippen molar-refractivity contribution in [1.82, 2.24) is 10.2 Å². The van der Waals surface area contributed by atoms with Crippen LogP contribution in [0.15, 0.2) is 42.0 Å². The second-order valence-corrected chi connectivity index (χ2v) is 14.6. The molecule has 226 valence electrons. The van der Waals surface area contributed by atoms with Crippen LogP contribution in [0.1, 0.15) is 79.2 Å². The zero-order valence-electron chi connectivity index (χ0n) is 26.0. The van der Waals surface area contributed by atoms with Crippen LogP contribution in [0.5, 0.6) is 0 Å². The van der Waals surface area contributed by atoms with E-state index in [2.05, 4.69) is 32.2 Å². The normalized spacial score (nSPS) is 30.9. The number of amides is 2. The molecule has 5 fully saturated rings. The molecule has 42 heavy (non-hydrogen) atoms. The molecule has 3 aliphatic carbocycles. The molecule has 2 aliphatic heterocycles. The van der Waals surface area contributed by atoms with Crippen molar-refractivity contribution in [3.63, 3.8) is 0 Å². The molecule has 0 aromatic heterocycles. The van der Waals surface area contributed by atoms with Gasteiger partial charge in [-0.3, -0.25) is 4.79 Å². The average molecular weight is 576 g/mol. The number of likely N-dealkylation sites (tertiary alicyclic amines) is 1. The highest BCUT2D eigenvalue weighted by molar-refractivity contribution is 6.47. The Balaban J connectivity index is 1.26. The first kappa shape index (κ1) is 30.6. The van der Waals surface area contributed by atoms with Gasteiger partial charge >= 0.3 is 13.2 Å². The van der Waals surface area contributed by atoms with Crippen LogP contribution in [0.25, 0.3) is 0 Å². The molecule has 1 aromatic carbocycles. The Hall–Kier alpha value is -2.83. The van der Waals surface area contributed by atoms with Crippen molar-refractivity contribution >= 4 is 19.1 Å². The van der Waals surface area contributed by atoms with E-state index in [4.69, 9.17) is 14.0 Å². The summed E-state index contributed by atoms with van der Waals surface area (Å²) in [5, 5.41) is 12.7. The standard InChI is InChI=1S/C33H46BN3O5/c1-31(2,3)19-23(20-35)29(38)37-15-11-10-14-25(37)21-40-30(39)36-28(16-22-12-8-7-9-13-22)34-41-27-18-24-17-26(32(24,4)5)33(27,6)42-34/h7-9,12-13,19,24-28H,10-11,14-18,21H2,1-6H3,(H,36,39)/b23-19+/t24-,25-,26-,27+,28-,33-/m0/s1. The lowest BCUT2D eigenvalue weighted by molar-refractivity contribution is -0.199. The number of nitrogens with zero attached hydrogens (tertiary/aromatic N) is 2. The van der Waals surface area contributed by atoms with Crippen LogP contribution >= 0.6 is 0 Å². The summed E-state index contributed by atoms with van der Waals surface area (Å²) in [6.07, 6.45) is 6.34. The van der Waals surface area contributed by atoms with Crippen molar-refractivity contribution in [2.45, 2.75) is 104 Å². The van der Waals surface area contributed by atoms with E-state index < -0.39 is 19.2 Å². The first-order valence-corrected chi connectivity index (χ1v) is 15.6. The van der Waals surface area contributed by atoms with Gasteiger partial charge in [0.1, 0.15) is 18.2 Å². The summed E-state index contributed by atoms with van der Waals surface area (Å²) in [7, 11) is -0.587. The monoisotopic (exact) mass is 575 g/mol. The summed E-state index contributed by atoms with van der Waals surface area (Å²) in [4.78, 5) is 28.2. The van der Waals surface area contributed by atoms with Gasteiger partial charge in [-0.25, -0.2) is 4.79 Å². The average Bonchev–Trinajstić information content (AvgIpc) is 3.31. The number of benzene rings is 1. The van der Waals surface area contributed by atoms with E-state index in [1.54, 1.807) is 11.0 Å². The molecular weight excluding hydrogens is 529 g/mol. The molecule has 3 saturated carbocycles. The van der Waals surface area contributed by atoms with Crippen molar-refractivity contribution < 1.29 is 23.6 Å². The zero-order valence-corrected chi connectivity index (χ0v) is 26.0. The SMILES string of the molecule is CC(C)(C)/C=C(\C#N)C(=O)N1CCCC[C@H]1COC(=O)N[C@@H](Cc1ccccc1)B1O[C@@H]2C[C@@H]3C[C@@H](C3(C)C)[C@]2(C)O1. The van der Waals surface area contributed by atoms with Crippen LogP contribution in [0.3, 0.4) is 0 Å². The lowest BCUT2D eigenvalue weighted by Gasteiger charge is -2.64. The van der Waals surface area contributed by atoms with Gasteiger partial charge in [0.2, 0.25) is 0 Å². The Kier molecular flexibility index (Phi) is 8.53. The fraction of sp³-hybridized carbons (Fsp3) is 0.667. The summed E-state index contributed by atoms with van der Waals surface area (Å²) in [6, 6.07) is 11.8.